The zero-order valence-corrected chi connectivity index (χ0v) is 21.0. The summed E-state index contributed by atoms with van der Waals surface area (Å²) in [4.78, 5) is 42.4. The van der Waals surface area contributed by atoms with Crippen LogP contribution in [0.25, 0.3) is 10.9 Å². The molecule has 0 spiro atoms. The van der Waals surface area contributed by atoms with Gasteiger partial charge >= 0.3 is 0 Å². The molecule has 1 aromatic heterocycles. The number of carbonyl (C=O) groups is 2. The maximum Gasteiger partial charge on any atom is 0.269 e. The molecule has 7 nitrogen and oxygen atoms in total. The fourth-order valence-corrected chi connectivity index (χ4v) is 4.90. The highest BCUT2D eigenvalue weighted by Crippen LogP contribution is 2.23. The van der Waals surface area contributed by atoms with Gasteiger partial charge in [0, 0.05) is 16.6 Å². The summed E-state index contributed by atoms with van der Waals surface area (Å²) in [5, 5.41) is 1.06. The average Bonchev–Trinajstić information content (AvgIpc) is 2.86. The van der Waals surface area contributed by atoms with Gasteiger partial charge < -0.3 is 0 Å². The molecular weight excluding hydrogens is 516 g/mol. The van der Waals surface area contributed by atoms with Gasteiger partial charge in [-0.1, -0.05) is 51.5 Å². The summed E-state index contributed by atoms with van der Waals surface area (Å²) in [5.41, 5.74) is 7.14. The third-order valence-corrected chi connectivity index (χ3v) is 7.13. The van der Waals surface area contributed by atoms with E-state index in [4.69, 9.17) is 0 Å². The number of benzene rings is 2. The van der Waals surface area contributed by atoms with E-state index in [-0.39, 0.29) is 17.2 Å². The minimum absolute atomic E-state index is 0.00803. The van der Waals surface area contributed by atoms with Crippen LogP contribution in [-0.4, -0.2) is 27.1 Å². The molecule has 9 heteroatoms. The van der Waals surface area contributed by atoms with Gasteiger partial charge in [-0.3, -0.25) is 29.8 Å². The van der Waals surface area contributed by atoms with Crippen molar-refractivity contribution in [1.29, 1.82) is 0 Å². The first-order chi connectivity index (χ1) is 16.5. The number of thioether (sulfide) groups is 1. The largest absolute Gasteiger partial charge is 0.287 e. The van der Waals surface area contributed by atoms with Crippen LogP contribution < -0.4 is 16.4 Å². The van der Waals surface area contributed by atoms with Gasteiger partial charge in [-0.15, -0.1) is 0 Å². The number of nitrogens with one attached hydrogen (secondary N) is 2. The number of halogens is 1. The van der Waals surface area contributed by atoms with E-state index in [2.05, 4.69) is 37.8 Å². The minimum Gasteiger partial charge on any atom is -0.287 e. The Balaban J connectivity index is 1.43. The van der Waals surface area contributed by atoms with Gasteiger partial charge in [-0.05, 0) is 68.5 Å². The lowest BCUT2D eigenvalue weighted by molar-refractivity contribution is -0.119. The molecule has 0 radical (unpaired) electrons. The molecule has 0 fully saturated rings. The fourth-order valence-electron chi connectivity index (χ4n) is 3.81. The van der Waals surface area contributed by atoms with E-state index in [0.29, 0.717) is 28.2 Å². The summed E-state index contributed by atoms with van der Waals surface area (Å²) in [6, 6.07) is 14.0. The number of carbonyl (C=O) groups excluding carboxylic acids is 2. The second kappa shape index (κ2) is 11.5. The molecule has 0 saturated heterocycles. The van der Waals surface area contributed by atoms with Crippen LogP contribution >= 0.6 is 27.7 Å². The van der Waals surface area contributed by atoms with E-state index < -0.39 is 5.91 Å². The quantitative estimate of drug-likeness (QED) is 0.197. The molecule has 0 atom stereocenters. The number of hydrogen-bond donors (Lipinski definition) is 2. The van der Waals surface area contributed by atoms with Gasteiger partial charge in [0.15, 0.2) is 5.16 Å². The zero-order chi connectivity index (χ0) is 23.9. The summed E-state index contributed by atoms with van der Waals surface area (Å²) in [6.07, 6.45) is 7.63. The van der Waals surface area contributed by atoms with Crippen LogP contribution in [0.15, 0.2) is 74.6 Å². The predicted octanol–water partition coefficient (Wildman–Crippen LogP) is 4.60. The van der Waals surface area contributed by atoms with Crippen molar-refractivity contribution in [3.8, 4) is 0 Å². The normalized spacial score (nSPS) is 13.4. The third kappa shape index (κ3) is 6.15. The summed E-state index contributed by atoms with van der Waals surface area (Å²) >= 11 is 4.50. The zero-order valence-electron chi connectivity index (χ0n) is 18.6. The van der Waals surface area contributed by atoms with Crippen LogP contribution in [0.2, 0.25) is 0 Å². The number of hydrogen-bond acceptors (Lipinski definition) is 5. The highest BCUT2D eigenvalue weighted by molar-refractivity contribution is 9.10. The number of para-hydroxylation sites is 1. The number of amides is 2. The first kappa shape index (κ1) is 24.2. The van der Waals surface area contributed by atoms with Gasteiger partial charge in [0.05, 0.1) is 16.7 Å². The Labute approximate surface area is 210 Å². The lowest BCUT2D eigenvalue weighted by Gasteiger charge is -2.16. The molecular formula is C25H25BrN4O3S. The van der Waals surface area contributed by atoms with Crippen molar-refractivity contribution >= 4 is 50.4 Å². The van der Waals surface area contributed by atoms with Crippen LogP contribution in [-0.2, 0) is 11.3 Å². The molecule has 3 aromatic rings. The second-order valence-corrected chi connectivity index (χ2v) is 9.88. The van der Waals surface area contributed by atoms with Gasteiger partial charge in [0.1, 0.15) is 0 Å². The van der Waals surface area contributed by atoms with Crippen LogP contribution in [0.3, 0.4) is 0 Å². The number of fused-ring (bicyclic) bond motifs is 1. The standard InChI is InChI=1S/C25H25BrN4O3S/c26-19-12-10-18(11-13-19)23(32)29-28-22(31)16-34-25-27-21-9-5-4-8-20(21)24(33)30(25)15-14-17-6-2-1-3-7-17/h4-6,8-13H,1-3,7,14-16H2,(H,28,31)(H,29,32). The van der Waals surface area contributed by atoms with Gasteiger partial charge in [-0.2, -0.15) is 0 Å². The second-order valence-electron chi connectivity index (χ2n) is 8.02. The van der Waals surface area contributed by atoms with Crippen LogP contribution in [0.1, 0.15) is 42.5 Å². The highest BCUT2D eigenvalue weighted by Gasteiger charge is 2.15. The SMILES string of the molecule is O=C(CSc1nc2ccccc2c(=O)n1CCC1=CCCCC1)NNC(=O)c1ccc(Br)cc1. The summed E-state index contributed by atoms with van der Waals surface area (Å²) in [7, 11) is 0. The van der Waals surface area contributed by atoms with E-state index in [0.717, 1.165) is 23.7 Å². The van der Waals surface area contributed by atoms with E-state index in [9.17, 15) is 14.4 Å². The molecule has 0 saturated carbocycles. The number of aromatic nitrogens is 2. The van der Waals surface area contributed by atoms with Crippen molar-refractivity contribution in [2.45, 2.75) is 43.8 Å². The van der Waals surface area contributed by atoms with E-state index >= 15 is 0 Å². The molecule has 2 amide bonds. The Morgan fingerprint density at radius 3 is 2.62 bits per heavy atom. The summed E-state index contributed by atoms with van der Waals surface area (Å²) < 4.78 is 2.52. The smallest absolute Gasteiger partial charge is 0.269 e. The van der Waals surface area contributed by atoms with Crippen molar-refractivity contribution in [2.24, 2.45) is 0 Å². The summed E-state index contributed by atoms with van der Waals surface area (Å²) in [6.45, 7) is 0.521. The summed E-state index contributed by atoms with van der Waals surface area (Å²) in [5.74, 6) is -0.791. The molecule has 2 N–H and O–H groups in total. The number of allylic oxidation sites excluding steroid dienone is 2. The van der Waals surface area contributed by atoms with Crippen LogP contribution in [0, 0.1) is 0 Å². The number of rotatable bonds is 7. The molecule has 34 heavy (non-hydrogen) atoms. The van der Waals surface area contributed by atoms with Crippen molar-refractivity contribution < 1.29 is 9.59 Å². The lowest BCUT2D eigenvalue weighted by atomic mass is 9.97. The number of hydrazine groups is 1. The van der Waals surface area contributed by atoms with Crippen LogP contribution in [0.5, 0.6) is 0 Å². The van der Waals surface area contributed by atoms with Gasteiger partial charge in [-0.25, -0.2) is 4.98 Å². The Morgan fingerprint density at radius 2 is 1.85 bits per heavy atom. The highest BCUT2D eigenvalue weighted by atomic mass is 79.9. The van der Waals surface area contributed by atoms with E-state index in [1.165, 1.54) is 30.2 Å². The van der Waals surface area contributed by atoms with Crippen molar-refractivity contribution in [3.05, 3.63) is 80.6 Å². The Morgan fingerprint density at radius 1 is 1.06 bits per heavy atom. The monoisotopic (exact) mass is 540 g/mol. The maximum absolute atomic E-state index is 13.2. The molecule has 176 valence electrons. The molecule has 0 unspecified atom stereocenters. The fraction of sp³-hybridized carbons (Fsp3) is 0.280. The van der Waals surface area contributed by atoms with E-state index in [1.54, 1.807) is 41.0 Å². The molecule has 0 aliphatic heterocycles. The molecule has 2 aromatic carbocycles. The lowest BCUT2D eigenvalue weighted by Crippen LogP contribution is -2.42. The molecule has 4 rings (SSSR count). The third-order valence-electron chi connectivity index (χ3n) is 5.62. The average molecular weight is 541 g/mol. The molecule has 1 aliphatic carbocycles. The molecule has 1 aliphatic rings. The number of nitrogens with zero attached hydrogens (tertiary/aromatic N) is 2. The minimum atomic E-state index is -0.410. The topological polar surface area (TPSA) is 93.1 Å². The Hall–Kier alpha value is -2.91. The molecule has 0 bridgehead atoms. The Kier molecular flexibility index (Phi) is 8.18. The first-order valence-electron chi connectivity index (χ1n) is 11.2. The maximum atomic E-state index is 13.2. The van der Waals surface area contributed by atoms with E-state index in [1.807, 2.05) is 12.1 Å². The first-order valence-corrected chi connectivity index (χ1v) is 12.9. The van der Waals surface area contributed by atoms with Gasteiger partial charge in [0.2, 0.25) is 5.91 Å². The van der Waals surface area contributed by atoms with Crippen molar-refractivity contribution in [2.75, 3.05) is 5.75 Å². The Bertz CT molecular complexity index is 1290. The van der Waals surface area contributed by atoms with Gasteiger partial charge in [0.25, 0.3) is 11.5 Å². The van der Waals surface area contributed by atoms with Crippen molar-refractivity contribution in [1.82, 2.24) is 20.4 Å². The van der Waals surface area contributed by atoms with Crippen molar-refractivity contribution in [3.63, 3.8) is 0 Å². The van der Waals surface area contributed by atoms with Crippen LogP contribution in [0.4, 0.5) is 0 Å². The predicted molar refractivity (Wildman–Crippen MR) is 138 cm³/mol. The molecule has 1 heterocycles.